The molecule has 0 saturated carbocycles. The molecule has 2 aliphatic rings. The molecular weight excluding hydrogens is 406 g/mol. The van der Waals surface area contributed by atoms with Crippen molar-refractivity contribution in [2.45, 2.75) is 24.7 Å². The number of amides is 1. The van der Waals surface area contributed by atoms with Gasteiger partial charge in [-0.05, 0) is 64.6 Å². The number of rotatable bonds is 2. The molecule has 1 unspecified atom stereocenters. The molecule has 4 nitrogen and oxygen atoms in total. The highest BCUT2D eigenvalue weighted by Crippen LogP contribution is 2.47. The Morgan fingerprint density at radius 2 is 1.70 bits per heavy atom. The molecule has 0 bridgehead atoms. The normalized spacial score (nSPS) is 18.6. The fourth-order valence-corrected chi connectivity index (χ4v) is 5.68. The van der Waals surface area contributed by atoms with E-state index in [1.54, 1.807) is 6.20 Å². The van der Waals surface area contributed by atoms with E-state index in [0.717, 1.165) is 28.6 Å². The SMILES string of the molecule is O=C1Nc2ncccc2C12Cc1cc3ccc(Cc4cccc5ccccc45)nc3cc1C2. The summed E-state index contributed by atoms with van der Waals surface area (Å²) in [5.41, 5.74) is 6.25. The monoisotopic (exact) mass is 427 g/mol. The van der Waals surface area contributed by atoms with Crippen molar-refractivity contribution >= 4 is 33.4 Å². The Morgan fingerprint density at radius 3 is 2.64 bits per heavy atom. The quantitative estimate of drug-likeness (QED) is 0.412. The van der Waals surface area contributed by atoms with Crippen molar-refractivity contribution in [1.82, 2.24) is 9.97 Å². The Bertz CT molecular complexity index is 1600. The van der Waals surface area contributed by atoms with Gasteiger partial charge in [0, 0.05) is 29.3 Å². The summed E-state index contributed by atoms with van der Waals surface area (Å²) in [6, 6.07) is 27.6. The van der Waals surface area contributed by atoms with Gasteiger partial charge in [-0.3, -0.25) is 9.78 Å². The van der Waals surface area contributed by atoms with Crippen LogP contribution in [0, 0.1) is 0 Å². The van der Waals surface area contributed by atoms with Gasteiger partial charge >= 0.3 is 0 Å². The summed E-state index contributed by atoms with van der Waals surface area (Å²) in [6.07, 6.45) is 3.92. The molecule has 158 valence electrons. The molecule has 1 aliphatic carbocycles. The smallest absolute Gasteiger partial charge is 0.237 e. The summed E-state index contributed by atoms with van der Waals surface area (Å²) < 4.78 is 0. The average Bonchev–Trinajstić information content (AvgIpc) is 3.34. The topological polar surface area (TPSA) is 54.9 Å². The second-order valence-corrected chi connectivity index (χ2v) is 9.22. The number of benzene rings is 3. The molecule has 0 fully saturated rings. The van der Waals surface area contributed by atoms with Gasteiger partial charge in [-0.15, -0.1) is 0 Å². The zero-order valence-corrected chi connectivity index (χ0v) is 18.0. The van der Waals surface area contributed by atoms with Crippen LogP contribution in [0.15, 0.2) is 85.1 Å². The number of anilines is 1. The number of carbonyl (C=O) groups is 1. The van der Waals surface area contributed by atoms with Crippen LogP contribution in [0.25, 0.3) is 21.7 Å². The van der Waals surface area contributed by atoms with Gasteiger partial charge in [0.1, 0.15) is 5.82 Å². The van der Waals surface area contributed by atoms with Crippen molar-refractivity contribution in [1.29, 1.82) is 0 Å². The third kappa shape index (κ3) is 2.74. The molecule has 5 aromatic rings. The number of pyridine rings is 2. The molecular formula is C29H21N3O. The van der Waals surface area contributed by atoms with Crippen molar-refractivity contribution in [3.05, 3.63) is 113 Å². The van der Waals surface area contributed by atoms with Crippen LogP contribution in [0.5, 0.6) is 0 Å². The van der Waals surface area contributed by atoms with Gasteiger partial charge in [-0.1, -0.05) is 54.6 Å². The maximum absolute atomic E-state index is 13.0. The predicted molar refractivity (Wildman–Crippen MR) is 130 cm³/mol. The van der Waals surface area contributed by atoms with Crippen LogP contribution in [0.2, 0.25) is 0 Å². The van der Waals surface area contributed by atoms with E-state index in [4.69, 9.17) is 4.98 Å². The van der Waals surface area contributed by atoms with Crippen LogP contribution < -0.4 is 5.32 Å². The summed E-state index contributed by atoms with van der Waals surface area (Å²) in [5.74, 6) is 0.761. The van der Waals surface area contributed by atoms with E-state index in [-0.39, 0.29) is 5.91 Å². The van der Waals surface area contributed by atoms with Crippen LogP contribution in [-0.4, -0.2) is 15.9 Å². The van der Waals surface area contributed by atoms with E-state index in [1.165, 1.54) is 27.5 Å². The molecule has 7 rings (SSSR count). The number of nitrogens with zero attached hydrogens (tertiary/aromatic N) is 2. The van der Waals surface area contributed by atoms with Crippen LogP contribution >= 0.6 is 0 Å². The summed E-state index contributed by atoms with van der Waals surface area (Å²) in [7, 11) is 0. The molecule has 33 heavy (non-hydrogen) atoms. The van der Waals surface area contributed by atoms with Crippen molar-refractivity contribution in [2.24, 2.45) is 0 Å². The lowest BCUT2D eigenvalue weighted by Gasteiger charge is -2.20. The number of fused-ring (bicyclic) bond motifs is 5. The van der Waals surface area contributed by atoms with Gasteiger partial charge in [0.15, 0.2) is 0 Å². The third-order valence-corrected chi connectivity index (χ3v) is 7.29. The van der Waals surface area contributed by atoms with Gasteiger partial charge in [0.2, 0.25) is 5.91 Å². The number of hydrogen-bond acceptors (Lipinski definition) is 3. The lowest BCUT2D eigenvalue weighted by molar-refractivity contribution is -0.120. The maximum atomic E-state index is 13.0. The van der Waals surface area contributed by atoms with Gasteiger partial charge in [-0.2, -0.15) is 0 Å². The molecule has 3 heterocycles. The average molecular weight is 428 g/mol. The zero-order chi connectivity index (χ0) is 22.0. The molecule has 1 N–H and O–H groups in total. The first-order valence-corrected chi connectivity index (χ1v) is 11.3. The lowest BCUT2D eigenvalue weighted by Crippen LogP contribution is -2.35. The molecule has 4 heteroatoms. The lowest BCUT2D eigenvalue weighted by atomic mass is 9.79. The second kappa shape index (κ2) is 6.72. The van der Waals surface area contributed by atoms with Crippen LogP contribution in [-0.2, 0) is 29.5 Å². The first-order valence-electron chi connectivity index (χ1n) is 11.3. The fraction of sp³-hybridized carbons (Fsp3) is 0.138. The van der Waals surface area contributed by atoms with E-state index < -0.39 is 5.41 Å². The van der Waals surface area contributed by atoms with Gasteiger partial charge < -0.3 is 5.32 Å². The maximum Gasteiger partial charge on any atom is 0.237 e. The minimum Gasteiger partial charge on any atom is -0.310 e. The third-order valence-electron chi connectivity index (χ3n) is 7.29. The van der Waals surface area contributed by atoms with Gasteiger partial charge in [0.05, 0.1) is 10.9 Å². The first kappa shape index (κ1) is 18.5. The minimum absolute atomic E-state index is 0.0565. The molecule has 1 atom stereocenters. The number of hydrogen-bond donors (Lipinski definition) is 1. The molecule has 2 aromatic heterocycles. The van der Waals surface area contributed by atoms with Crippen LogP contribution in [0.3, 0.4) is 0 Å². The molecule has 0 radical (unpaired) electrons. The van der Waals surface area contributed by atoms with Crippen LogP contribution in [0.1, 0.15) is 27.9 Å². The second-order valence-electron chi connectivity index (χ2n) is 9.22. The van der Waals surface area contributed by atoms with Crippen molar-refractivity contribution in [3.63, 3.8) is 0 Å². The highest BCUT2D eigenvalue weighted by molar-refractivity contribution is 6.06. The zero-order valence-electron chi connectivity index (χ0n) is 18.0. The Morgan fingerprint density at radius 1 is 0.848 bits per heavy atom. The summed E-state index contributed by atoms with van der Waals surface area (Å²) in [5, 5.41) is 6.64. The highest BCUT2D eigenvalue weighted by Gasteiger charge is 2.51. The molecule has 1 spiro atoms. The molecule has 1 aliphatic heterocycles. The molecule has 0 saturated heterocycles. The van der Waals surface area contributed by atoms with E-state index >= 15 is 0 Å². The standard InChI is InChI=1S/C29H21N3O/c33-28-29(25-9-4-12-30-27(25)32-28)16-21-13-20-10-11-23(31-26(20)15-22(21)17-29)14-19-7-3-6-18-5-1-2-8-24(18)19/h1-13,15H,14,16-17H2,(H,30,32,33). The van der Waals surface area contributed by atoms with E-state index in [1.807, 2.05) is 12.1 Å². The van der Waals surface area contributed by atoms with Gasteiger partial charge in [0.25, 0.3) is 0 Å². The van der Waals surface area contributed by atoms with Gasteiger partial charge in [-0.25, -0.2) is 4.98 Å². The predicted octanol–water partition coefficient (Wildman–Crippen LogP) is 5.36. The van der Waals surface area contributed by atoms with E-state index in [2.05, 4.69) is 77.0 Å². The molecule has 1 amide bonds. The largest absolute Gasteiger partial charge is 0.310 e. The minimum atomic E-state index is -0.547. The Hall–Kier alpha value is -4.05. The van der Waals surface area contributed by atoms with Crippen molar-refractivity contribution < 1.29 is 4.79 Å². The first-order chi connectivity index (χ1) is 16.2. The Labute approximate surface area is 191 Å². The van der Waals surface area contributed by atoms with E-state index in [0.29, 0.717) is 18.7 Å². The van der Waals surface area contributed by atoms with Crippen molar-refractivity contribution in [3.8, 4) is 0 Å². The number of aromatic nitrogens is 2. The Kier molecular flexibility index (Phi) is 3.77. The highest BCUT2D eigenvalue weighted by atomic mass is 16.2. The fourth-order valence-electron chi connectivity index (χ4n) is 5.68. The van der Waals surface area contributed by atoms with Crippen molar-refractivity contribution in [2.75, 3.05) is 5.32 Å². The Balaban J connectivity index is 1.27. The van der Waals surface area contributed by atoms with E-state index in [9.17, 15) is 4.79 Å². The summed E-state index contributed by atoms with van der Waals surface area (Å²) in [4.78, 5) is 22.4. The number of nitrogens with one attached hydrogen (secondary N) is 1. The molecule has 3 aromatic carbocycles. The number of carbonyl (C=O) groups excluding carboxylic acids is 1. The summed E-state index contributed by atoms with van der Waals surface area (Å²) >= 11 is 0. The van der Waals surface area contributed by atoms with Crippen LogP contribution in [0.4, 0.5) is 5.82 Å². The summed E-state index contributed by atoms with van der Waals surface area (Å²) in [6.45, 7) is 0.